The third-order valence-corrected chi connectivity index (χ3v) is 4.94. The van der Waals surface area contributed by atoms with Gasteiger partial charge in [0.25, 0.3) is 0 Å². The summed E-state index contributed by atoms with van der Waals surface area (Å²) < 4.78 is 16.2. The predicted molar refractivity (Wildman–Crippen MR) is 108 cm³/mol. The van der Waals surface area contributed by atoms with Gasteiger partial charge < -0.3 is 19.5 Å². The highest BCUT2D eigenvalue weighted by molar-refractivity contribution is 5.90. The quantitative estimate of drug-likeness (QED) is 0.494. The van der Waals surface area contributed by atoms with E-state index in [0.717, 1.165) is 50.5 Å². The van der Waals surface area contributed by atoms with E-state index in [1.54, 1.807) is 7.11 Å². The summed E-state index contributed by atoms with van der Waals surface area (Å²) in [5.41, 5.74) is 0.825. The monoisotopic (exact) mass is 377 g/mol. The van der Waals surface area contributed by atoms with Crippen LogP contribution in [0.1, 0.15) is 64.2 Å². The van der Waals surface area contributed by atoms with Crippen molar-refractivity contribution in [1.29, 1.82) is 0 Å². The lowest BCUT2D eigenvalue weighted by Gasteiger charge is -2.22. The molecule has 1 fully saturated rings. The van der Waals surface area contributed by atoms with Crippen LogP contribution in [0.15, 0.2) is 24.3 Å². The molecule has 1 atom stereocenters. The fourth-order valence-electron chi connectivity index (χ4n) is 3.32. The number of hydrogen-bond acceptors (Lipinski definition) is 4. The molecule has 1 amide bonds. The zero-order valence-corrected chi connectivity index (χ0v) is 16.7. The smallest absolute Gasteiger partial charge is 0.224 e. The number of anilines is 1. The number of nitrogens with one attached hydrogen (secondary N) is 1. The van der Waals surface area contributed by atoms with Gasteiger partial charge in [-0.05, 0) is 37.1 Å². The topological polar surface area (TPSA) is 56.8 Å². The fourth-order valence-corrected chi connectivity index (χ4v) is 3.32. The molecule has 5 heteroatoms. The van der Waals surface area contributed by atoms with Crippen LogP contribution >= 0.6 is 0 Å². The van der Waals surface area contributed by atoms with Crippen LogP contribution in [0.25, 0.3) is 0 Å². The second-order valence-corrected chi connectivity index (χ2v) is 7.21. The minimum absolute atomic E-state index is 0.0917. The van der Waals surface area contributed by atoms with Gasteiger partial charge in [-0.2, -0.15) is 0 Å². The lowest BCUT2D eigenvalue weighted by Crippen LogP contribution is -2.28. The van der Waals surface area contributed by atoms with Gasteiger partial charge >= 0.3 is 0 Å². The number of hydrogen-bond donors (Lipinski definition) is 1. The van der Waals surface area contributed by atoms with Crippen molar-refractivity contribution < 1.29 is 19.0 Å². The van der Waals surface area contributed by atoms with Crippen LogP contribution in [0.4, 0.5) is 5.69 Å². The molecule has 0 radical (unpaired) electrons. The van der Waals surface area contributed by atoms with Gasteiger partial charge in [0.2, 0.25) is 5.91 Å². The van der Waals surface area contributed by atoms with Gasteiger partial charge in [0, 0.05) is 12.1 Å². The zero-order valence-electron chi connectivity index (χ0n) is 16.7. The van der Waals surface area contributed by atoms with Crippen LogP contribution in [-0.4, -0.2) is 38.9 Å². The standard InChI is InChI=1S/C22H35NO4/c1-25-20-14-12-19(13-15-20)23-22(24)11-9-7-5-3-2-4-6-8-10-21-18-26-16-17-27-21/h12-15,21H,2-11,16-18H2,1H3,(H,23,24)/t21-/m0/s1. The van der Waals surface area contributed by atoms with Gasteiger partial charge in [0.15, 0.2) is 0 Å². The third kappa shape index (κ3) is 9.78. The van der Waals surface area contributed by atoms with Crippen molar-refractivity contribution in [3.8, 4) is 5.75 Å². The highest BCUT2D eigenvalue weighted by Gasteiger charge is 2.13. The Morgan fingerprint density at radius 1 is 1.00 bits per heavy atom. The summed E-state index contributed by atoms with van der Waals surface area (Å²) in [7, 11) is 1.63. The Kier molecular flexibility index (Phi) is 10.9. The molecule has 27 heavy (non-hydrogen) atoms. The van der Waals surface area contributed by atoms with Crippen molar-refractivity contribution in [2.24, 2.45) is 0 Å². The normalized spacial score (nSPS) is 16.9. The van der Waals surface area contributed by atoms with Gasteiger partial charge in [-0.15, -0.1) is 0 Å². The Morgan fingerprint density at radius 2 is 1.67 bits per heavy atom. The molecule has 5 nitrogen and oxygen atoms in total. The first kappa shape index (κ1) is 21.7. The number of ether oxygens (including phenoxy) is 3. The molecule has 1 aromatic rings. The van der Waals surface area contributed by atoms with Gasteiger partial charge in [-0.3, -0.25) is 4.79 Å². The van der Waals surface area contributed by atoms with Crippen molar-refractivity contribution in [2.75, 3.05) is 32.2 Å². The first-order chi connectivity index (χ1) is 13.3. The molecule has 1 saturated heterocycles. The van der Waals surface area contributed by atoms with Crippen LogP contribution in [-0.2, 0) is 14.3 Å². The van der Waals surface area contributed by atoms with E-state index < -0.39 is 0 Å². The van der Waals surface area contributed by atoms with Crippen molar-refractivity contribution in [2.45, 2.75) is 70.3 Å². The van der Waals surface area contributed by atoms with E-state index in [0.29, 0.717) is 12.5 Å². The lowest BCUT2D eigenvalue weighted by molar-refractivity contribution is -0.116. The maximum absolute atomic E-state index is 11.9. The molecule has 1 N–H and O–H groups in total. The van der Waals surface area contributed by atoms with Crippen LogP contribution in [0, 0.1) is 0 Å². The largest absolute Gasteiger partial charge is 0.497 e. The van der Waals surface area contributed by atoms with E-state index in [1.165, 1.54) is 38.5 Å². The number of carbonyl (C=O) groups is 1. The van der Waals surface area contributed by atoms with Gasteiger partial charge in [-0.1, -0.05) is 44.9 Å². The minimum atomic E-state index is 0.0917. The summed E-state index contributed by atoms with van der Waals surface area (Å²) >= 11 is 0. The Morgan fingerprint density at radius 3 is 2.30 bits per heavy atom. The van der Waals surface area contributed by atoms with Gasteiger partial charge in [-0.25, -0.2) is 0 Å². The zero-order chi connectivity index (χ0) is 19.2. The fraction of sp³-hybridized carbons (Fsp3) is 0.682. The maximum Gasteiger partial charge on any atom is 0.224 e. The number of unbranched alkanes of at least 4 members (excludes halogenated alkanes) is 7. The Bertz CT molecular complexity index is 512. The van der Waals surface area contributed by atoms with Gasteiger partial charge in [0.05, 0.1) is 33.0 Å². The van der Waals surface area contributed by atoms with E-state index in [2.05, 4.69) is 5.32 Å². The van der Waals surface area contributed by atoms with E-state index in [-0.39, 0.29) is 5.91 Å². The number of benzene rings is 1. The second-order valence-electron chi connectivity index (χ2n) is 7.21. The molecular formula is C22H35NO4. The van der Waals surface area contributed by atoms with Gasteiger partial charge in [0.1, 0.15) is 5.75 Å². The van der Waals surface area contributed by atoms with Crippen molar-refractivity contribution >= 4 is 11.6 Å². The number of carbonyl (C=O) groups excluding carboxylic acids is 1. The highest BCUT2D eigenvalue weighted by Crippen LogP contribution is 2.16. The lowest BCUT2D eigenvalue weighted by atomic mass is 10.0. The summed E-state index contributed by atoms with van der Waals surface area (Å²) in [5, 5.41) is 2.93. The molecule has 1 heterocycles. The Labute approximate surface area is 163 Å². The summed E-state index contributed by atoms with van der Waals surface area (Å²) in [6.45, 7) is 2.27. The molecule has 1 aromatic carbocycles. The number of amides is 1. The summed E-state index contributed by atoms with van der Waals surface area (Å²) in [6.07, 6.45) is 11.7. The molecule has 0 aliphatic carbocycles. The Balaban J connectivity index is 1.37. The average Bonchev–Trinajstić information content (AvgIpc) is 2.70. The van der Waals surface area contributed by atoms with Crippen LogP contribution < -0.4 is 10.1 Å². The number of methoxy groups -OCH3 is 1. The van der Waals surface area contributed by atoms with Crippen LogP contribution in [0.2, 0.25) is 0 Å². The SMILES string of the molecule is COc1ccc(NC(=O)CCCCCCCCCC[C@H]2COCCO2)cc1. The molecule has 1 aliphatic heterocycles. The predicted octanol–water partition coefficient (Wildman–Crippen LogP) is 4.95. The molecule has 0 spiro atoms. The maximum atomic E-state index is 11.9. The molecule has 0 saturated carbocycles. The highest BCUT2D eigenvalue weighted by atomic mass is 16.6. The molecule has 2 rings (SSSR count). The van der Waals surface area contributed by atoms with Crippen molar-refractivity contribution in [3.05, 3.63) is 24.3 Å². The number of rotatable bonds is 13. The first-order valence-corrected chi connectivity index (χ1v) is 10.4. The van der Waals surface area contributed by atoms with Crippen LogP contribution in [0.5, 0.6) is 5.75 Å². The molecule has 0 bridgehead atoms. The summed E-state index contributed by atoms with van der Waals surface area (Å²) in [5.74, 6) is 0.887. The van der Waals surface area contributed by atoms with E-state index in [9.17, 15) is 4.79 Å². The molecule has 0 aromatic heterocycles. The van der Waals surface area contributed by atoms with E-state index in [4.69, 9.17) is 14.2 Å². The van der Waals surface area contributed by atoms with E-state index >= 15 is 0 Å². The summed E-state index contributed by atoms with van der Waals surface area (Å²) in [6, 6.07) is 7.44. The summed E-state index contributed by atoms with van der Waals surface area (Å²) in [4.78, 5) is 11.9. The molecular weight excluding hydrogens is 342 g/mol. The molecule has 152 valence electrons. The van der Waals surface area contributed by atoms with Crippen molar-refractivity contribution in [3.63, 3.8) is 0 Å². The second kappa shape index (κ2) is 13.6. The third-order valence-electron chi connectivity index (χ3n) is 4.94. The average molecular weight is 378 g/mol. The Hall–Kier alpha value is -1.59. The van der Waals surface area contributed by atoms with E-state index in [1.807, 2.05) is 24.3 Å². The van der Waals surface area contributed by atoms with Crippen LogP contribution in [0.3, 0.4) is 0 Å². The first-order valence-electron chi connectivity index (χ1n) is 10.4. The minimum Gasteiger partial charge on any atom is -0.497 e. The molecule has 0 unspecified atom stereocenters. The molecule has 1 aliphatic rings. The van der Waals surface area contributed by atoms with Crippen molar-refractivity contribution in [1.82, 2.24) is 0 Å².